The van der Waals surface area contributed by atoms with Crippen LogP contribution in [0, 0.1) is 12.1 Å². The number of carbonyl (C=O) groups is 4. The number of rotatable bonds is 8. The molecule has 0 N–H and O–H groups in total. The molecule has 14 nitrogen and oxygen atoms in total. The van der Waals surface area contributed by atoms with Gasteiger partial charge in [-0.15, -0.1) is 24.3 Å². The number of imide groups is 2. The van der Waals surface area contributed by atoms with Gasteiger partial charge in [-0.1, -0.05) is 24.3 Å². The van der Waals surface area contributed by atoms with Crippen molar-refractivity contribution in [1.29, 1.82) is 0 Å². The smallest absolute Gasteiger partial charge is 0.266 e. The van der Waals surface area contributed by atoms with Crippen molar-refractivity contribution in [3.8, 4) is 28.7 Å². The summed E-state index contributed by atoms with van der Waals surface area (Å²) >= 11 is 0. The van der Waals surface area contributed by atoms with Gasteiger partial charge in [-0.25, -0.2) is 9.47 Å². The van der Waals surface area contributed by atoms with Gasteiger partial charge in [0.1, 0.15) is 11.5 Å². The summed E-state index contributed by atoms with van der Waals surface area (Å²) in [6, 6.07) is 46.1. The summed E-state index contributed by atoms with van der Waals surface area (Å²) in [6.45, 7) is 0. The number of benzene rings is 7. The van der Waals surface area contributed by atoms with Gasteiger partial charge < -0.3 is 9.47 Å². The van der Waals surface area contributed by atoms with Crippen LogP contribution in [0.25, 0.3) is 27.2 Å². The van der Waals surface area contributed by atoms with E-state index in [0.717, 1.165) is 30.1 Å². The van der Waals surface area contributed by atoms with E-state index in [-0.39, 0.29) is 66.1 Å². The summed E-state index contributed by atoms with van der Waals surface area (Å²) in [5.41, 5.74) is 1.69. The monoisotopic (exact) mass is 973 g/mol. The molecule has 11 rings (SSSR count). The molecule has 0 fully saturated rings. The van der Waals surface area contributed by atoms with Gasteiger partial charge in [0.2, 0.25) is 0 Å². The van der Waals surface area contributed by atoms with Crippen molar-refractivity contribution in [2.75, 3.05) is 11.9 Å². The first kappa shape index (κ1) is 45.0. The van der Waals surface area contributed by atoms with Gasteiger partial charge in [0.25, 0.3) is 45.9 Å². The van der Waals surface area contributed by atoms with E-state index in [9.17, 15) is 38.4 Å². The second-order valence-corrected chi connectivity index (χ2v) is 15.8. The minimum atomic E-state index is -0.556. The molecule has 1 radical (unpaired) electrons. The topological polar surface area (TPSA) is 171 Å². The van der Waals surface area contributed by atoms with E-state index < -0.39 is 34.1 Å². The maximum atomic E-state index is 13.3. The number of nitrogens with zero attached hydrogens (tertiary/aromatic N) is 4. The van der Waals surface area contributed by atoms with Crippen LogP contribution in [-0.4, -0.2) is 44.7 Å². The van der Waals surface area contributed by atoms with Gasteiger partial charge in [-0.05, 0) is 78.2 Å². The van der Waals surface area contributed by atoms with Crippen LogP contribution in [-0.2, 0) is 46.2 Å². The predicted molar refractivity (Wildman–Crippen MR) is 248 cm³/mol. The molecule has 0 bridgehead atoms. The number of anilines is 1. The predicted octanol–water partition coefficient (Wildman–Crippen LogP) is 6.92. The van der Waals surface area contributed by atoms with Crippen molar-refractivity contribution in [2.45, 2.75) is 6.42 Å². The number of ether oxygens (including phenoxy) is 2. The molecular formula is C53H32N4O10Y-2. The maximum absolute atomic E-state index is 13.3. The molecule has 9 aromatic rings. The summed E-state index contributed by atoms with van der Waals surface area (Å²) in [7, 11) is 2.82. The van der Waals surface area contributed by atoms with Crippen LogP contribution in [0.15, 0.2) is 165 Å². The Labute approximate surface area is 410 Å². The Morgan fingerprint density at radius 1 is 0.426 bits per heavy atom. The molecule has 4 heterocycles. The molecule has 0 saturated heterocycles. The molecule has 0 atom stereocenters. The van der Waals surface area contributed by atoms with Crippen molar-refractivity contribution < 1.29 is 61.4 Å². The first-order valence-electron chi connectivity index (χ1n) is 20.7. The normalized spacial score (nSPS) is 12.8. The van der Waals surface area contributed by atoms with Crippen molar-refractivity contribution in [1.82, 2.24) is 14.0 Å². The second kappa shape index (κ2) is 17.9. The third-order valence-electron chi connectivity index (χ3n) is 11.6. The molecule has 7 aromatic carbocycles. The second-order valence-electron chi connectivity index (χ2n) is 15.8. The van der Waals surface area contributed by atoms with Crippen LogP contribution in [0.3, 0.4) is 0 Å². The third-order valence-corrected chi connectivity index (χ3v) is 11.6. The SMILES string of the molecule is CN1C(=O)c2ccc(Cc3ccc4c(c3)C(=O)N(c3cccc(Oc5cc[c-]cc5)c3)C4=O)cc2C1=O.Cn1c(=O)c2cc3c(=O)n(-c4cccc(Oc5cc[c-]cc5)c4)c(=O)c3cc2c1=O.[Y]. The molecule has 4 amide bonds. The van der Waals surface area contributed by atoms with Crippen LogP contribution in [0.4, 0.5) is 5.69 Å². The molecule has 0 saturated carbocycles. The van der Waals surface area contributed by atoms with Crippen molar-refractivity contribution in [3.63, 3.8) is 0 Å². The first-order valence-corrected chi connectivity index (χ1v) is 20.7. The van der Waals surface area contributed by atoms with Gasteiger partial charge in [0, 0.05) is 70.4 Å². The molecule has 68 heavy (non-hydrogen) atoms. The fraction of sp³-hybridized carbons (Fsp3) is 0.0566. The quantitative estimate of drug-likeness (QED) is 0.115. The number of aromatic nitrogens is 2. The van der Waals surface area contributed by atoms with Crippen molar-refractivity contribution in [3.05, 3.63) is 233 Å². The molecule has 15 heteroatoms. The van der Waals surface area contributed by atoms with Gasteiger partial charge in [0.05, 0.1) is 55.2 Å². The summed E-state index contributed by atoms with van der Waals surface area (Å²) in [4.78, 5) is 104. The summed E-state index contributed by atoms with van der Waals surface area (Å²) < 4.78 is 13.6. The number of hydrogen-bond acceptors (Lipinski definition) is 10. The molecule has 2 aliphatic rings. The molecule has 0 spiro atoms. The number of carbonyl (C=O) groups excluding carboxylic acids is 4. The summed E-state index contributed by atoms with van der Waals surface area (Å²) in [5.74, 6) is 0.695. The summed E-state index contributed by atoms with van der Waals surface area (Å²) in [6.07, 6.45) is 0.436. The zero-order valence-electron chi connectivity index (χ0n) is 36.0. The van der Waals surface area contributed by atoms with Gasteiger partial charge in [0.15, 0.2) is 0 Å². The van der Waals surface area contributed by atoms with Crippen LogP contribution >= 0.6 is 0 Å². The Balaban J connectivity index is 0.000000171. The fourth-order valence-electron chi connectivity index (χ4n) is 8.24. The van der Waals surface area contributed by atoms with Crippen LogP contribution < -0.4 is 36.6 Å². The minimum Gasteiger partial charge on any atom is -0.483 e. The van der Waals surface area contributed by atoms with Crippen molar-refractivity contribution >= 4 is 50.9 Å². The van der Waals surface area contributed by atoms with E-state index in [0.29, 0.717) is 63.0 Å². The number of hydrogen-bond donors (Lipinski definition) is 0. The Morgan fingerprint density at radius 3 is 1.38 bits per heavy atom. The summed E-state index contributed by atoms with van der Waals surface area (Å²) in [5, 5.41) is 0.449. The Bertz CT molecular complexity index is 3700. The average molecular weight is 974 g/mol. The molecule has 0 aliphatic carbocycles. The molecule has 0 unspecified atom stereocenters. The van der Waals surface area contributed by atoms with Gasteiger partial charge in [-0.2, -0.15) is 36.4 Å². The largest absolute Gasteiger partial charge is 0.483 e. The van der Waals surface area contributed by atoms with E-state index >= 15 is 0 Å². The van der Waals surface area contributed by atoms with E-state index in [4.69, 9.17) is 9.47 Å². The first-order chi connectivity index (χ1) is 32.4. The Kier molecular flexibility index (Phi) is 11.8. The van der Waals surface area contributed by atoms with Crippen LogP contribution in [0.1, 0.15) is 52.6 Å². The van der Waals surface area contributed by atoms with E-state index in [1.807, 2.05) is 0 Å². The zero-order valence-corrected chi connectivity index (χ0v) is 38.9. The Morgan fingerprint density at radius 2 is 0.853 bits per heavy atom. The van der Waals surface area contributed by atoms with Crippen molar-refractivity contribution in [2.24, 2.45) is 7.05 Å². The minimum absolute atomic E-state index is 0. The van der Waals surface area contributed by atoms with Gasteiger partial charge >= 0.3 is 0 Å². The molecule has 329 valence electrons. The molecular weight excluding hydrogens is 942 g/mol. The maximum Gasteiger partial charge on any atom is 0.266 e. The van der Waals surface area contributed by atoms with Crippen LogP contribution in [0.5, 0.6) is 23.0 Å². The molecule has 2 aliphatic heterocycles. The molecule has 2 aromatic heterocycles. The zero-order chi connectivity index (χ0) is 46.7. The Hall–Kier alpha value is -8.20. The van der Waals surface area contributed by atoms with E-state index in [2.05, 4.69) is 12.1 Å². The fourth-order valence-corrected chi connectivity index (χ4v) is 8.24. The standard InChI is InChI=1S/C30H19N2O5.C23H13N2O5.Y/c1-31-27(33)23-12-10-18(15-25(23)28(31)34)14-19-11-13-24-26(16-19)30(36)32(29(24)35)20-6-5-9-22(17-20)37-21-7-3-2-4-8-21;1-24-20(26)16-11-18-19(12-17(16)21(24)27)23(29)25(22(18)28)13-6-5-9-15(10-13)30-14-7-3-2-4-8-14;/h3-13,15-17H,14H2,1H3;3-12H,1H3;/q2*-1;. The van der Waals surface area contributed by atoms with E-state index in [1.54, 1.807) is 133 Å². The number of fused-ring (bicyclic) bond motifs is 4. The average Bonchev–Trinajstić information content (AvgIpc) is 3.91. The third kappa shape index (κ3) is 7.88. The van der Waals surface area contributed by atoms with Crippen LogP contribution in [0.2, 0.25) is 0 Å². The van der Waals surface area contributed by atoms with Gasteiger partial charge in [-0.3, -0.25) is 47.8 Å². The number of amides is 4. The van der Waals surface area contributed by atoms with E-state index in [1.165, 1.54) is 26.2 Å².